The van der Waals surface area contributed by atoms with Crippen molar-refractivity contribution in [2.24, 2.45) is 0 Å². The molecule has 4 rings (SSSR count). The third-order valence-electron chi connectivity index (χ3n) is 5.37. The number of rotatable bonds is 6. The molecule has 1 saturated heterocycles. The zero-order valence-corrected chi connectivity index (χ0v) is 19.4. The van der Waals surface area contributed by atoms with Crippen molar-refractivity contribution < 1.29 is 9.53 Å². The van der Waals surface area contributed by atoms with Crippen molar-refractivity contribution in [2.45, 2.75) is 19.0 Å². The number of carbonyl (C=O) groups is 1. The number of carbonyl (C=O) groups excluding carboxylic acids is 1. The van der Waals surface area contributed by atoms with Crippen LogP contribution in [0.2, 0.25) is 0 Å². The van der Waals surface area contributed by atoms with Crippen LogP contribution in [-0.4, -0.2) is 59.3 Å². The first-order valence-corrected chi connectivity index (χ1v) is 11.4. The van der Waals surface area contributed by atoms with Crippen LogP contribution in [0.15, 0.2) is 58.6 Å². The maximum Gasteiger partial charge on any atom is 0.260 e. The molecule has 3 aromatic rings. The minimum atomic E-state index is 0.00686. The summed E-state index contributed by atoms with van der Waals surface area (Å²) in [7, 11) is 1.67. The molecule has 1 aliphatic heterocycles. The quantitative estimate of drug-likeness (QED) is 0.454. The van der Waals surface area contributed by atoms with Crippen LogP contribution in [0.25, 0.3) is 6.08 Å². The van der Waals surface area contributed by atoms with Gasteiger partial charge in [0, 0.05) is 31.9 Å². The highest BCUT2D eigenvalue weighted by Gasteiger charge is 2.25. The van der Waals surface area contributed by atoms with Crippen LogP contribution >= 0.6 is 11.8 Å². The van der Waals surface area contributed by atoms with E-state index in [4.69, 9.17) is 4.74 Å². The first-order chi connectivity index (χ1) is 15.5. The molecule has 166 valence electrons. The molecule has 1 aromatic heterocycles. The summed E-state index contributed by atoms with van der Waals surface area (Å²) in [6.07, 6.45) is 1.92. The number of aromatic amines is 1. The van der Waals surface area contributed by atoms with Crippen LogP contribution in [0.4, 0.5) is 5.69 Å². The number of nitrogens with one attached hydrogen (secondary N) is 1. The monoisotopic (exact) mass is 449 g/mol. The van der Waals surface area contributed by atoms with Crippen LogP contribution in [0.3, 0.4) is 0 Å². The van der Waals surface area contributed by atoms with E-state index in [1.54, 1.807) is 7.11 Å². The van der Waals surface area contributed by atoms with Gasteiger partial charge in [-0.15, -0.1) is 5.10 Å². The van der Waals surface area contributed by atoms with Gasteiger partial charge in [-0.3, -0.25) is 9.89 Å². The van der Waals surface area contributed by atoms with Crippen molar-refractivity contribution in [2.75, 3.05) is 38.2 Å². The summed E-state index contributed by atoms with van der Waals surface area (Å²) in [5, 5.41) is 7.60. The summed E-state index contributed by atoms with van der Waals surface area (Å²) >= 11 is 1.30. The Morgan fingerprint density at radius 2 is 1.72 bits per heavy atom. The Labute approximate surface area is 192 Å². The Hall–Kier alpha value is -3.26. The highest BCUT2D eigenvalue weighted by atomic mass is 32.2. The number of ether oxygens (including phenoxy) is 1. The van der Waals surface area contributed by atoms with Crippen molar-refractivity contribution in [3.8, 4) is 5.75 Å². The highest BCUT2D eigenvalue weighted by Crippen LogP contribution is 2.28. The number of methoxy groups -OCH3 is 1. The molecule has 0 unspecified atom stereocenters. The fraction of sp³-hybridized carbons (Fsp3) is 0.292. The summed E-state index contributed by atoms with van der Waals surface area (Å²) in [5.74, 6) is 1.57. The third-order valence-corrected chi connectivity index (χ3v) is 6.25. The van der Waals surface area contributed by atoms with Gasteiger partial charge in [-0.1, -0.05) is 29.8 Å². The van der Waals surface area contributed by atoms with E-state index in [0.717, 1.165) is 35.9 Å². The topological polar surface area (TPSA) is 74.3 Å². The second-order valence-corrected chi connectivity index (χ2v) is 8.71. The number of H-pyrrole nitrogens is 1. The molecule has 1 amide bonds. The average molecular weight is 450 g/mol. The van der Waals surface area contributed by atoms with Gasteiger partial charge < -0.3 is 14.5 Å². The molecule has 1 N–H and O–H groups in total. The average Bonchev–Trinajstić information content (AvgIpc) is 3.24. The summed E-state index contributed by atoms with van der Waals surface area (Å²) in [4.78, 5) is 22.6. The van der Waals surface area contributed by atoms with Crippen molar-refractivity contribution in [1.29, 1.82) is 0 Å². The molecule has 1 aliphatic rings. The van der Waals surface area contributed by atoms with Gasteiger partial charge >= 0.3 is 0 Å². The first kappa shape index (κ1) is 22.0. The zero-order chi connectivity index (χ0) is 22.5. The van der Waals surface area contributed by atoms with Crippen LogP contribution in [-0.2, 0) is 4.79 Å². The maximum atomic E-state index is 13.4. The number of hydrogen-bond acceptors (Lipinski definition) is 6. The predicted molar refractivity (Wildman–Crippen MR) is 128 cm³/mol. The van der Waals surface area contributed by atoms with Gasteiger partial charge in [-0.25, -0.2) is 4.98 Å². The van der Waals surface area contributed by atoms with Gasteiger partial charge in [0.2, 0.25) is 5.16 Å². The van der Waals surface area contributed by atoms with Gasteiger partial charge in [0.15, 0.2) is 0 Å². The van der Waals surface area contributed by atoms with Crippen LogP contribution in [0.5, 0.6) is 5.75 Å². The molecule has 7 nitrogen and oxygen atoms in total. The van der Waals surface area contributed by atoms with Crippen LogP contribution in [0.1, 0.15) is 17.0 Å². The van der Waals surface area contributed by atoms with Gasteiger partial charge in [-0.2, -0.15) is 0 Å². The number of nitrogens with zero attached hydrogens (tertiary/aromatic N) is 4. The molecule has 2 aromatic carbocycles. The van der Waals surface area contributed by atoms with Gasteiger partial charge in [0.1, 0.15) is 11.6 Å². The van der Waals surface area contributed by atoms with Crippen molar-refractivity contribution in [3.63, 3.8) is 0 Å². The number of hydrogen-bond donors (Lipinski definition) is 1. The lowest BCUT2D eigenvalue weighted by atomic mass is 10.1. The Morgan fingerprint density at radius 1 is 1.03 bits per heavy atom. The van der Waals surface area contributed by atoms with E-state index in [1.165, 1.54) is 17.3 Å². The second kappa shape index (κ2) is 9.91. The first-order valence-electron chi connectivity index (χ1n) is 10.6. The molecule has 1 fully saturated rings. The zero-order valence-electron chi connectivity index (χ0n) is 18.5. The van der Waals surface area contributed by atoms with E-state index < -0.39 is 0 Å². The SMILES string of the molecule is COc1ccc(N2CCN(C(=O)/C(=C\c3ccc(C)cc3)Sc3n[nH]c(C)n3)CC2)cc1. The van der Waals surface area contributed by atoms with Gasteiger partial charge in [-0.05, 0) is 61.5 Å². The smallest absolute Gasteiger partial charge is 0.260 e. The van der Waals surface area contributed by atoms with Crippen LogP contribution < -0.4 is 9.64 Å². The summed E-state index contributed by atoms with van der Waals surface area (Å²) in [6, 6.07) is 16.2. The Kier molecular flexibility index (Phi) is 6.80. The molecule has 0 saturated carbocycles. The molecule has 0 spiro atoms. The van der Waals surface area contributed by atoms with E-state index in [1.807, 2.05) is 61.2 Å². The van der Waals surface area contributed by atoms with Crippen molar-refractivity contribution >= 4 is 29.4 Å². The Morgan fingerprint density at radius 3 is 2.31 bits per heavy atom. The molecule has 32 heavy (non-hydrogen) atoms. The largest absolute Gasteiger partial charge is 0.497 e. The standard InChI is InChI=1S/C24H27N5O2S/c1-17-4-6-19(7-5-17)16-22(32-24-25-18(2)26-27-24)23(30)29-14-12-28(13-15-29)20-8-10-21(31-3)11-9-20/h4-11,16H,12-15H2,1-3H3,(H,25,26,27)/b22-16+. The number of thioether (sulfide) groups is 1. The Balaban J connectivity index is 1.48. The number of aromatic nitrogens is 3. The number of aryl methyl sites for hydroxylation is 2. The number of benzene rings is 2. The lowest BCUT2D eigenvalue weighted by Crippen LogP contribution is -2.49. The predicted octanol–water partition coefficient (Wildman–Crippen LogP) is 3.91. The van der Waals surface area contributed by atoms with E-state index >= 15 is 0 Å². The fourth-order valence-corrected chi connectivity index (χ4v) is 4.41. The number of anilines is 1. The molecule has 0 bridgehead atoms. The maximum absolute atomic E-state index is 13.4. The third kappa shape index (κ3) is 5.31. The second-order valence-electron chi connectivity index (χ2n) is 7.70. The van der Waals surface area contributed by atoms with Gasteiger partial charge in [0.25, 0.3) is 5.91 Å². The molecular weight excluding hydrogens is 422 g/mol. The van der Waals surface area contributed by atoms with E-state index in [-0.39, 0.29) is 5.91 Å². The molecule has 2 heterocycles. The summed E-state index contributed by atoms with van der Waals surface area (Å²) in [6.45, 7) is 6.77. The summed E-state index contributed by atoms with van der Waals surface area (Å²) in [5.41, 5.74) is 3.30. The number of amides is 1. The lowest BCUT2D eigenvalue weighted by molar-refractivity contribution is -0.126. The van der Waals surface area contributed by atoms with E-state index in [0.29, 0.717) is 23.2 Å². The van der Waals surface area contributed by atoms with Crippen molar-refractivity contribution in [1.82, 2.24) is 20.1 Å². The summed E-state index contributed by atoms with van der Waals surface area (Å²) < 4.78 is 5.24. The molecule has 8 heteroatoms. The van der Waals surface area contributed by atoms with E-state index in [9.17, 15) is 4.79 Å². The van der Waals surface area contributed by atoms with Crippen molar-refractivity contribution in [3.05, 3.63) is 70.4 Å². The molecule has 0 atom stereocenters. The molecular formula is C24H27N5O2S. The normalized spacial score (nSPS) is 14.5. The van der Waals surface area contributed by atoms with Crippen LogP contribution in [0, 0.1) is 13.8 Å². The van der Waals surface area contributed by atoms with E-state index in [2.05, 4.69) is 32.2 Å². The highest BCUT2D eigenvalue weighted by molar-refractivity contribution is 8.04. The molecule has 0 aliphatic carbocycles. The van der Waals surface area contributed by atoms with Gasteiger partial charge in [0.05, 0.1) is 12.0 Å². The Bertz CT molecular complexity index is 1080. The molecule has 0 radical (unpaired) electrons. The minimum absolute atomic E-state index is 0.00686. The lowest BCUT2D eigenvalue weighted by Gasteiger charge is -2.36. The fourth-order valence-electron chi connectivity index (χ4n) is 3.53. The minimum Gasteiger partial charge on any atom is -0.497 e. The number of piperazine rings is 1.